The van der Waals surface area contributed by atoms with E-state index in [9.17, 15) is 15.0 Å². The molecule has 0 spiro atoms. The molecule has 2 atom stereocenters. The summed E-state index contributed by atoms with van der Waals surface area (Å²) in [6.45, 7) is 1.81. The molecule has 0 aliphatic carbocycles. The van der Waals surface area contributed by atoms with Crippen LogP contribution in [0.15, 0.2) is 42.6 Å². The molecular weight excluding hydrogens is 443 g/mol. The Morgan fingerprint density at radius 2 is 1.96 bits per heavy atom. The number of hydrogen-bond donors (Lipinski definition) is 2. The number of hydrogen-bond acceptors (Lipinski definition) is 3. The van der Waals surface area contributed by atoms with Gasteiger partial charge in [-0.3, -0.25) is 0 Å². The second kappa shape index (κ2) is 8.64. The fourth-order valence-electron chi connectivity index (χ4n) is 2.39. The lowest BCUT2D eigenvalue weighted by molar-refractivity contribution is 0.0797. The number of aromatic nitrogens is 1. The first-order valence-corrected chi connectivity index (χ1v) is 8.86. The number of carboxylic acid groups (broad SMARTS) is 1. The molecule has 7 heteroatoms. The zero-order chi connectivity index (χ0) is 17.7. The van der Waals surface area contributed by atoms with E-state index in [1.807, 2.05) is 31.2 Å². The van der Waals surface area contributed by atoms with Crippen LogP contribution >= 0.6 is 34.2 Å². The van der Waals surface area contributed by atoms with E-state index in [0.29, 0.717) is 17.1 Å². The number of benzene rings is 1. The fraction of sp³-hybridized carbons (Fsp3) is 0.294. The molecule has 2 rings (SSSR count). The van der Waals surface area contributed by atoms with Crippen LogP contribution < -0.4 is 0 Å². The minimum absolute atomic E-state index is 0.0236. The van der Waals surface area contributed by atoms with Crippen LogP contribution in [0.3, 0.4) is 0 Å². The summed E-state index contributed by atoms with van der Waals surface area (Å²) in [5, 5.41) is 20.1. The van der Waals surface area contributed by atoms with Gasteiger partial charge in [-0.2, -0.15) is 0 Å². The first-order valence-electron chi connectivity index (χ1n) is 7.40. The highest BCUT2D eigenvalue weighted by Gasteiger charge is 2.23. The van der Waals surface area contributed by atoms with E-state index in [2.05, 4.69) is 27.6 Å². The van der Waals surface area contributed by atoms with Crippen molar-refractivity contribution in [3.05, 3.63) is 62.4 Å². The molecule has 1 heterocycles. The summed E-state index contributed by atoms with van der Waals surface area (Å²) in [4.78, 5) is 16.7. The van der Waals surface area contributed by atoms with E-state index in [4.69, 9.17) is 11.6 Å². The molecule has 2 N–H and O–H groups in total. The van der Waals surface area contributed by atoms with Crippen LogP contribution in [-0.4, -0.2) is 38.8 Å². The first kappa shape index (κ1) is 19.0. The Kier molecular flexibility index (Phi) is 6.82. The average molecular weight is 461 g/mol. The van der Waals surface area contributed by atoms with E-state index in [-0.39, 0.29) is 12.6 Å². The van der Waals surface area contributed by atoms with Crippen molar-refractivity contribution in [2.45, 2.75) is 25.5 Å². The lowest BCUT2D eigenvalue weighted by Gasteiger charge is -2.28. The van der Waals surface area contributed by atoms with Crippen molar-refractivity contribution in [2.75, 3.05) is 6.54 Å². The summed E-state index contributed by atoms with van der Waals surface area (Å²) in [5.74, 6) is 0. The van der Waals surface area contributed by atoms with E-state index < -0.39 is 12.2 Å². The van der Waals surface area contributed by atoms with Crippen LogP contribution in [0.4, 0.5) is 4.79 Å². The Balaban J connectivity index is 2.06. The van der Waals surface area contributed by atoms with Gasteiger partial charge in [0, 0.05) is 21.4 Å². The van der Waals surface area contributed by atoms with Crippen molar-refractivity contribution in [1.82, 2.24) is 9.88 Å². The minimum Gasteiger partial charge on any atom is -0.465 e. The normalized spacial score (nSPS) is 13.3. The van der Waals surface area contributed by atoms with Crippen molar-refractivity contribution in [2.24, 2.45) is 0 Å². The molecule has 0 fully saturated rings. The maximum absolute atomic E-state index is 11.6. The predicted molar refractivity (Wildman–Crippen MR) is 101 cm³/mol. The third kappa shape index (κ3) is 5.32. The van der Waals surface area contributed by atoms with Gasteiger partial charge in [0.1, 0.15) is 5.15 Å². The molecule has 0 saturated carbocycles. The molecule has 0 unspecified atom stereocenters. The first-order chi connectivity index (χ1) is 11.4. The number of carbonyl (C=O) groups is 1. The fourth-order valence-corrected chi connectivity index (χ4v) is 2.87. The standard InChI is InChI=1S/C17H18ClIN2O3/c1-11(8-12-2-5-14(19)6-3-12)21(17(23)24)10-15(22)13-4-7-16(18)20-9-13/h2-7,9,11,15,22H,8,10H2,1H3,(H,23,24)/t11-,15-/m1/s1. The smallest absolute Gasteiger partial charge is 0.407 e. The van der Waals surface area contributed by atoms with Crippen molar-refractivity contribution in [3.63, 3.8) is 0 Å². The summed E-state index contributed by atoms with van der Waals surface area (Å²) in [5.41, 5.74) is 1.59. The van der Waals surface area contributed by atoms with Gasteiger partial charge in [-0.1, -0.05) is 29.8 Å². The molecule has 1 amide bonds. The van der Waals surface area contributed by atoms with E-state index >= 15 is 0 Å². The second-order valence-electron chi connectivity index (χ2n) is 5.54. The van der Waals surface area contributed by atoms with Crippen LogP contribution in [-0.2, 0) is 6.42 Å². The van der Waals surface area contributed by atoms with Crippen molar-refractivity contribution >= 4 is 40.3 Å². The topological polar surface area (TPSA) is 73.7 Å². The summed E-state index contributed by atoms with van der Waals surface area (Å²) in [7, 11) is 0. The van der Waals surface area contributed by atoms with Crippen molar-refractivity contribution in [1.29, 1.82) is 0 Å². The van der Waals surface area contributed by atoms with Gasteiger partial charge in [-0.15, -0.1) is 0 Å². The molecule has 128 valence electrons. The Labute approximate surface area is 159 Å². The third-order valence-corrected chi connectivity index (χ3v) is 4.67. The van der Waals surface area contributed by atoms with Crippen molar-refractivity contribution in [3.8, 4) is 0 Å². The monoisotopic (exact) mass is 460 g/mol. The molecule has 0 aliphatic heterocycles. The van der Waals surface area contributed by atoms with Gasteiger partial charge in [0.25, 0.3) is 0 Å². The van der Waals surface area contributed by atoms with Gasteiger partial charge in [0.2, 0.25) is 0 Å². The third-order valence-electron chi connectivity index (χ3n) is 3.73. The Morgan fingerprint density at radius 3 is 2.50 bits per heavy atom. The molecule has 2 aromatic rings. The summed E-state index contributed by atoms with van der Waals surface area (Å²) < 4.78 is 1.13. The van der Waals surface area contributed by atoms with Gasteiger partial charge in [0.05, 0.1) is 12.6 Å². The number of pyridine rings is 1. The zero-order valence-electron chi connectivity index (χ0n) is 13.1. The summed E-state index contributed by atoms with van der Waals surface area (Å²) >= 11 is 7.95. The summed E-state index contributed by atoms with van der Waals surface area (Å²) in [6, 6.07) is 10.9. The largest absolute Gasteiger partial charge is 0.465 e. The van der Waals surface area contributed by atoms with Gasteiger partial charge >= 0.3 is 6.09 Å². The number of aliphatic hydroxyl groups is 1. The molecule has 0 bridgehead atoms. The van der Waals surface area contributed by atoms with Crippen LogP contribution in [0.1, 0.15) is 24.2 Å². The molecular formula is C17H18ClIN2O3. The number of amides is 1. The lowest BCUT2D eigenvalue weighted by atomic mass is 10.0. The Bertz CT molecular complexity index is 679. The molecule has 0 aliphatic rings. The van der Waals surface area contributed by atoms with Crippen molar-refractivity contribution < 1.29 is 15.0 Å². The van der Waals surface area contributed by atoms with Gasteiger partial charge in [0.15, 0.2) is 0 Å². The Hall–Kier alpha value is -1.38. The molecule has 1 aromatic heterocycles. The number of halogens is 2. The van der Waals surface area contributed by atoms with Gasteiger partial charge < -0.3 is 15.1 Å². The number of rotatable bonds is 6. The van der Waals surface area contributed by atoms with Crippen LogP contribution in [0.25, 0.3) is 0 Å². The van der Waals surface area contributed by atoms with E-state index in [0.717, 1.165) is 9.13 Å². The van der Waals surface area contributed by atoms with Crippen LogP contribution in [0, 0.1) is 3.57 Å². The summed E-state index contributed by atoms with van der Waals surface area (Å²) in [6.07, 6.45) is 0.0186. The lowest BCUT2D eigenvalue weighted by Crippen LogP contribution is -2.41. The van der Waals surface area contributed by atoms with Crippen LogP contribution in [0.5, 0.6) is 0 Å². The second-order valence-corrected chi connectivity index (χ2v) is 7.18. The molecule has 24 heavy (non-hydrogen) atoms. The Morgan fingerprint density at radius 1 is 1.29 bits per heavy atom. The average Bonchev–Trinajstić information content (AvgIpc) is 2.54. The number of nitrogens with zero attached hydrogens (tertiary/aromatic N) is 2. The van der Waals surface area contributed by atoms with E-state index in [1.54, 1.807) is 12.1 Å². The van der Waals surface area contributed by atoms with Gasteiger partial charge in [-0.25, -0.2) is 9.78 Å². The zero-order valence-corrected chi connectivity index (χ0v) is 16.0. The highest BCUT2D eigenvalue weighted by molar-refractivity contribution is 14.1. The van der Waals surface area contributed by atoms with E-state index in [1.165, 1.54) is 11.1 Å². The number of aliphatic hydroxyl groups excluding tert-OH is 1. The molecule has 1 aromatic carbocycles. The SMILES string of the molecule is C[C@H](Cc1ccc(I)cc1)N(C[C@@H](O)c1ccc(Cl)nc1)C(=O)O. The highest BCUT2D eigenvalue weighted by Crippen LogP contribution is 2.18. The maximum Gasteiger partial charge on any atom is 0.407 e. The quantitative estimate of drug-likeness (QED) is 0.505. The van der Waals surface area contributed by atoms with Gasteiger partial charge in [-0.05, 0) is 59.7 Å². The maximum atomic E-state index is 11.6. The molecule has 0 radical (unpaired) electrons. The highest BCUT2D eigenvalue weighted by atomic mass is 127. The van der Waals surface area contributed by atoms with Crippen LogP contribution in [0.2, 0.25) is 5.15 Å². The molecule has 0 saturated heterocycles. The molecule has 5 nitrogen and oxygen atoms in total. The minimum atomic E-state index is -1.06. The predicted octanol–water partition coefficient (Wildman–Crippen LogP) is 3.98.